The Balaban J connectivity index is 1.89. The number of hydrogen-bond acceptors (Lipinski definition) is 2. The van der Waals surface area contributed by atoms with Crippen molar-refractivity contribution in [2.24, 2.45) is 0 Å². The molecule has 2 aromatic heterocycles. The van der Waals surface area contributed by atoms with Crippen molar-refractivity contribution in [3.05, 3.63) is 59.2 Å². The fourth-order valence-electron chi connectivity index (χ4n) is 4.34. The van der Waals surface area contributed by atoms with E-state index in [2.05, 4.69) is 15.3 Å². The number of hydrogen-bond donors (Lipinski definition) is 3. The summed E-state index contributed by atoms with van der Waals surface area (Å²) in [7, 11) is 0. The van der Waals surface area contributed by atoms with E-state index in [1.165, 1.54) is 6.07 Å². The third-order valence-electron chi connectivity index (χ3n) is 5.51. The van der Waals surface area contributed by atoms with E-state index in [0.29, 0.717) is 27.2 Å². The molecule has 29 heavy (non-hydrogen) atoms. The normalized spacial score (nSPS) is 14.4. The summed E-state index contributed by atoms with van der Waals surface area (Å²) in [5.74, 6) is -1.06. The van der Waals surface area contributed by atoms with Crippen LogP contribution >= 0.6 is 0 Å². The van der Waals surface area contributed by atoms with Crippen molar-refractivity contribution in [3.8, 4) is 0 Å². The van der Waals surface area contributed by atoms with Gasteiger partial charge in [0.05, 0.1) is 27.7 Å². The van der Waals surface area contributed by atoms with Crippen molar-refractivity contribution < 1.29 is 22.8 Å². The molecule has 3 aromatic carbocycles. The van der Waals surface area contributed by atoms with Gasteiger partial charge in [-0.25, -0.2) is 0 Å². The quantitative estimate of drug-likeness (QED) is 0.329. The van der Waals surface area contributed by atoms with Crippen LogP contribution in [0.2, 0.25) is 0 Å². The Labute approximate surface area is 159 Å². The molecule has 8 heteroatoms. The number of benzene rings is 3. The van der Waals surface area contributed by atoms with E-state index < -0.39 is 23.6 Å². The van der Waals surface area contributed by atoms with Crippen molar-refractivity contribution in [2.75, 3.05) is 0 Å². The molecule has 6 rings (SSSR count). The Kier molecular flexibility index (Phi) is 2.77. The molecule has 2 amide bonds. The topological polar surface area (TPSA) is 77.8 Å². The minimum atomic E-state index is -4.49. The summed E-state index contributed by atoms with van der Waals surface area (Å²) in [6.45, 7) is 0. The monoisotopic (exact) mass is 393 g/mol. The lowest BCUT2D eigenvalue weighted by Crippen LogP contribution is -2.20. The highest BCUT2D eigenvalue weighted by Crippen LogP contribution is 2.42. The number of alkyl halides is 3. The summed E-state index contributed by atoms with van der Waals surface area (Å²) in [5.41, 5.74) is 1.73. The first-order chi connectivity index (χ1) is 13.8. The molecule has 0 fully saturated rings. The van der Waals surface area contributed by atoms with Crippen LogP contribution in [0.3, 0.4) is 0 Å². The number of carbonyl (C=O) groups is 2. The molecule has 0 radical (unpaired) electrons. The second-order valence-electron chi connectivity index (χ2n) is 7.09. The number of H-pyrrole nitrogens is 2. The molecule has 0 spiro atoms. The van der Waals surface area contributed by atoms with E-state index in [1.54, 1.807) is 0 Å². The third kappa shape index (κ3) is 1.95. The molecule has 1 aliphatic heterocycles. The van der Waals surface area contributed by atoms with Gasteiger partial charge in [-0.1, -0.05) is 24.3 Å². The van der Waals surface area contributed by atoms with Crippen LogP contribution in [0, 0.1) is 0 Å². The van der Waals surface area contributed by atoms with Crippen molar-refractivity contribution in [3.63, 3.8) is 0 Å². The smallest absolute Gasteiger partial charge is 0.353 e. The minimum Gasteiger partial charge on any atom is -0.353 e. The predicted molar refractivity (Wildman–Crippen MR) is 102 cm³/mol. The van der Waals surface area contributed by atoms with Gasteiger partial charge >= 0.3 is 6.18 Å². The highest BCUT2D eigenvalue weighted by atomic mass is 19.4. The lowest BCUT2D eigenvalue weighted by Gasteiger charge is -2.06. The number of para-hydroxylation sites is 1. The van der Waals surface area contributed by atoms with E-state index in [-0.39, 0.29) is 16.6 Å². The van der Waals surface area contributed by atoms with Crippen molar-refractivity contribution in [2.45, 2.75) is 6.18 Å². The van der Waals surface area contributed by atoms with E-state index in [0.717, 1.165) is 23.0 Å². The Morgan fingerprint density at radius 3 is 1.97 bits per heavy atom. The van der Waals surface area contributed by atoms with Crippen molar-refractivity contribution >= 4 is 55.4 Å². The van der Waals surface area contributed by atoms with Crippen LogP contribution in [0.5, 0.6) is 0 Å². The Bertz CT molecular complexity index is 1560. The Hall–Kier alpha value is -3.81. The lowest BCUT2D eigenvalue weighted by molar-refractivity contribution is -0.137. The highest BCUT2D eigenvalue weighted by molar-refractivity contribution is 6.39. The SMILES string of the molecule is O=C1NC(=O)c2c1c1c3ccccc3[nH]c1c1[nH]c3cc(C(F)(F)F)ccc3c21. The first-order valence-electron chi connectivity index (χ1n) is 8.79. The van der Waals surface area contributed by atoms with Crippen molar-refractivity contribution in [1.82, 2.24) is 15.3 Å². The molecule has 0 atom stereocenters. The van der Waals surface area contributed by atoms with Gasteiger partial charge < -0.3 is 9.97 Å². The number of aromatic amines is 2. The van der Waals surface area contributed by atoms with Gasteiger partial charge in [-0.2, -0.15) is 13.2 Å². The van der Waals surface area contributed by atoms with Crippen LogP contribution in [0.25, 0.3) is 43.6 Å². The summed E-state index contributed by atoms with van der Waals surface area (Å²) >= 11 is 0. The van der Waals surface area contributed by atoms with Gasteiger partial charge in [-0.3, -0.25) is 14.9 Å². The molecule has 0 saturated heterocycles. The minimum absolute atomic E-state index is 0.188. The van der Waals surface area contributed by atoms with Gasteiger partial charge in [0.15, 0.2) is 0 Å². The number of imide groups is 1. The number of halogens is 3. The molecule has 3 heterocycles. The maximum Gasteiger partial charge on any atom is 0.416 e. The summed E-state index contributed by atoms with van der Waals surface area (Å²) in [5, 5.41) is 4.56. The molecule has 3 N–H and O–H groups in total. The van der Waals surface area contributed by atoms with Crippen LogP contribution in [0.4, 0.5) is 13.2 Å². The zero-order valence-electron chi connectivity index (χ0n) is 14.5. The average molecular weight is 393 g/mol. The molecule has 5 nitrogen and oxygen atoms in total. The molecule has 0 unspecified atom stereocenters. The maximum absolute atomic E-state index is 13.2. The summed E-state index contributed by atoms with van der Waals surface area (Å²) in [4.78, 5) is 31.5. The van der Waals surface area contributed by atoms with E-state index >= 15 is 0 Å². The van der Waals surface area contributed by atoms with Gasteiger partial charge in [0.25, 0.3) is 11.8 Å². The summed E-state index contributed by atoms with van der Waals surface area (Å²) < 4.78 is 39.5. The zero-order valence-corrected chi connectivity index (χ0v) is 14.5. The molecular formula is C21H10F3N3O2. The van der Waals surface area contributed by atoms with Crippen LogP contribution in [0.15, 0.2) is 42.5 Å². The van der Waals surface area contributed by atoms with E-state index in [4.69, 9.17) is 0 Å². The Morgan fingerprint density at radius 2 is 1.31 bits per heavy atom. The summed E-state index contributed by atoms with van der Waals surface area (Å²) in [6, 6.07) is 10.7. The fourth-order valence-corrected chi connectivity index (χ4v) is 4.34. The Morgan fingerprint density at radius 1 is 0.724 bits per heavy atom. The number of nitrogens with one attached hydrogen (secondary N) is 3. The zero-order chi connectivity index (χ0) is 20.1. The second kappa shape index (κ2) is 4.96. The number of aromatic nitrogens is 2. The molecular weight excluding hydrogens is 383 g/mol. The molecule has 0 saturated carbocycles. The number of rotatable bonds is 0. The van der Waals surface area contributed by atoms with E-state index in [9.17, 15) is 22.8 Å². The molecule has 5 aromatic rings. The number of fused-ring (bicyclic) bond motifs is 10. The molecule has 142 valence electrons. The predicted octanol–water partition coefficient (Wildman–Crippen LogP) is 4.86. The number of carbonyl (C=O) groups excluding carboxylic acids is 2. The molecule has 0 aliphatic carbocycles. The number of amides is 2. The van der Waals surface area contributed by atoms with Gasteiger partial charge in [0, 0.05) is 32.6 Å². The van der Waals surface area contributed by atoms with Gasteiger partial charge in [-0.15, -0.1) is 0 Å². The van der Waals surface area contributed by atoms with E-state index in [1.807, 2.05) is 24.3 Å². The van der Waals surface area contributed by atoms with Gasteiger partial charge in [-0.05, 0) is 18.2 Å². The lowest BCUT2D eigenvalue weighted by atomic mass is 9.96. The molecule has 0 bridgehead atoms. The first-order valence-corrected chi connectivity index (χ1v) is 8.79. The highest BCUT2D eigenvalue weighted by Gasteiger charge is 2.35. The second-order valence-corrected chi connectivity index (χ2v) is 7.09. The third-order valence-corrected chi connectivity index (χ3v) is 5.51. The van der Waals surface area contributed by atoms with Crippen LogP contribution in [-0.4, -0.2) is 21.8 Å². The maximum atomic E-state index is 13.2. The van der Waals surface area contributed by atoms with Crippen LogP contribution < -0.4 is 5.32 Å². The first kappa shape index (κ1) is 16.2. The molecule has 1 aliphatic rings. The fraction of sp³-hybridized carbons (Fsp3) is 0.0476. The van der Waals surface area contributed by atoms with Gasteiger partial charge in [0.2, 0.25) is 0 Å². The largest absolute Gasteiger partial charge is 0.416 e. The summed E-state index contributed by atoms with van der Waals surface area (Å²) in [6.07, 6.45) is -4.49. The standard InChI is InChI=1S/C21H10F3N3O2/c22-21(23,24)8-5-6-10-12(7-8)26-18-14(10)16-15(19(28)27-20(16)29)13-9-3-1-2-4-11(9)25-17(13)18/h1-7,25-26H,(H,27,28,29). The van der Waals surface area contributed by atoms with Crippen molar-refractivity contribution in [1.29, 1.82) is 0 Å². The van der Waals surface area contributed by atoms with Gasteiger partial charge in [0.1, 0.15) is 0 Å². The van der Waals surface area contributed by atoms with Crippen LogP contribution in [-0.2, 0) is 6.18 Å². The average Bonchev–Trinajstić information content (AvgIpc) is 3.31. The van der Waals surface area contributed by atoms with Crippen LogP contribution in [0.1, 0.15) is 26.3 Å².